The normalized spacial score (nSPS) is 7.39. The third-order valence-corrected chi connectivity index (χ3v) is 1.41. The van der Waals surface area contributed by atoms with E-state index in [0.29, 0.717) is 0 Å². The Balaban J connectivity index is -0.000000149. The van der Waals surface area contributed by atoms with Crippen LogP contribution in [0.15, 0.2) is 36.4 Å². The molecule has 0 unspecified atom stereocenters. The largest absolute Gasteiger partial charge is 0.466 e. The van der Waals surface area contributed by atoms with Crippen molar-refractivity contribution in [2.75, 3.05) is 7.11 Å². The molecule has 0 amide bonds. The average Bonchev–Trinajstić information content (AvgIpc) is 2.41. The smallest absolute Gasteiger partial charge is 0.330 e. The van der Waals surface area contributed by atoms with Gasteiger partial charge in [0.1, 0.15) is 0 Å². The minimum atomic E-state index is -0.334. The fourth-order valence-electron chi connectivity index (χ4n) is 0.796. The van der Waals surface area contributed by atoms with Gasteiger partial charge in [0.15, 0.2) is 0 Å². The molecule has 0 aromatic heterocycles. The molecule has 0 fully saturated rings. The Bertz CT molecular complexity index is 282. The fraction of sp³-hybridized carbons (Fsp3) is 0.333. The van der Waals surface area contributed by atoms with Gasteiger partial charge in [0.25, 0.3) is 0 Å². The molecule has 0 saturated carbocycles. The standard InChI is InChI=1S/C10H10O2.2C2H6.CH3.Y/c1-12-10(11)8-7-9-5-3-2-4-6-9;2*1-2;;/h2-8H,1H3;2*1-2H3;1H3;/q;;;-1;. The van der Waals surface area contributed by atoms with Gasteiger partial charge in [0, 0.05) is 38.8 Å². The summed E-state index contributed by atoms with van der Waals surface area (Å²) in [5.41, 5.74) is 0.989. The van der Waals surface area contributed by atoms with E-state index < -0.39 is 0 Å². The van der Waals surface area contributed by atoms with Gasteiger partial charge in [0.2, 0.25) is 0 Å². The summed E-state index contributed by atoms with van der Waals surface area (Å²) in [4.78, 5) is 10.7. The van der Waals surface area contributed by atoms with E-state index >= 15 is 0 Å². The number of hydrogen-bond donors (Lipinski definition) is 0. The van der Waals surface area contributed by atoms with E-state index in [0.717, 1.165) is 5.56 Å². The van der Waals surface area contributed by atoms with Crippen LogP contribution in [0.4, 0.5) is 0 Å². The number of methoxy groups -OCH3 is 1. The van der Waals surface area contributed by atoms with E-state index in [1.807, 2.05) is 58.0 Å². The Morgan fingerprint density at radius 3 is 1.89 bits per heavy atom. The summed E-state index contributed by atoms with van der Waals surface area (Å²) in [6, 6.07) is 9.59. The molecule has 101 valence electrons. The molecule has 1 aromatic rings. The first-order valence-electron chi connectivity index (χ1n) is 5.64. The molecule has 2 nitrogen and oxygen atoms in total. The molecule has 18 heavy (non-hydrogen) atoms. The van der Waals surface area contributed by atoms with Gasteiger partial charge in [-0.05, 0) is 11.6 Å². The number of esters is 1. The van der Waals surface area contributed by atoms with Crippen molar-refractivity contribution >= 4 is 12.0 Å². The summed E-state index contributed by atoms with van der Waals surface area (Å²) in [5.74, 6) is -0.334. The molecule has 1 rings (SSSR count). The van der Waals surface area contributed by atoms with Crippen molar-refractivity contribution in [2.45, 2.75) is 27.7 Å². The minimum Gasteiger partial charge on any atom is -0.466 e. The zero-order chi connectivity index (χ0) is 12.8. The molecule has 3 heteroatoms. The molecule has 1 radical (unpaired) electrons. The molecule has 0 saturated heterocycles. The van der Waals surface area contributed by atoms with E-state index in [9.17, 15) is 4.79 Å². The van der Waals surface area contributed by atoms with Crippen LogP contribution >= 0.6 is 0 Å². The van der Waals surface area contributed by atoms with Crippen molar-refractivity contribution in [1.82, 2.24) is 0 Å². The SMILES string of the molecule is CC.CC.COC(=O)C=Cc1ccccc1.[CH3-].[Y]. The zero-order valence-corrected chi connectivity index (χ0v) is 15.3. The third-order valence-electron chi connectivity index (χ3n) is 1.41. The van der Waals surface area contributed by atoms with Crippen LogP contribution in [0, 0.1) is 7.43 Å². The minimum absolute atomic E-state index is 0. The number of carbonyl (C=O) groups is 1. The van der Waals surface area contributed by atoms with Crippen molar-refractivity contribution < 1.29 is 42.2 Å². The summed E-state index contributed by atoms with van der Waals surface area (Å²) in [6.07, 6.45) is 3.11. The monoisotopic (exact) mass is 326 g/mol. The second-order valence-corrected chi connectivity index (χ2v) is 2.27. The van der Waals surface area contributed by atoms with Crippen LogP contribution in [0.25, 0.3) is 6.08 Å². The van der Waals surface area contributed by atoms with Crippen molar-refractivity contribution in [3.63, 3.8) is 0 Å². The topological polar surface area (TPSA) is 26.3 Å². The summed E-state index contributed by atoms with van der Waals surface area (Å²) in [7, 11) is 1.36. The van der Waals surface area contributed by atoms with E-state index in [1.165, 1.54) is 13.2 Å². The predicted octanol–water partition coefficient (Wildman–Crippen LogP) is 4.37. The maximum absolute atomic E-state index is 10.7. The Hall–Kier alpha value is -0.466. The predicted molar refractivity (Wildman–Crippen MR) is 76.6 cm³/mol. The van der Waals surface area contributed by atoms with Gasteiger partial charge in [-0.1, -0.05) is 58.0 Å². The maximum Gasteiger partial charge on any atom is 0.330 e. The molecule has 0 spiro atoms. The fourth-order valence-corrected chi connectivity index (χ4v) is 0.796. The van der Waals surface area contributed by atoms with Crippen molar-refractivity contribution in [3.8, 4) is 0 Å². The first-order chi connectivity index (χ1) is 7.83. The summed E-state index contributed by atoms with van der Waals surface area (Å²) in [5, 5.41) is 0. The van der Waals surface area contributed by atoms with Crippen LogP contribution in [0.2, 0.25) is 0 Å². The molecule has 0 N–H and O–H groups in total. The number of carbonyl (C=O) groups excluding carboxylic acids is 1. The summed E-state index contributed by atoms with van der Waals surface area (Å²) >= 11 is 0. The molecular formula is C15H25O2Y-. The van der Waals surface area contributed by atoms with Crippen LogP contribution in [0.3, 0.4) is 0 Å². The first kappa shape index (κ1) is 26.2. The van der Waals surface area contributed by atoms with Crippen LogP contribution in [-0.2, 0) is 42.2 Å². The van der Waals surface area contributed by atoms with Crippen LogP contribution < -0.4 is 0 Å². The molecule has 0 heterocycles. The first-order valence-corrected chi connectivity index (χ1v) is 5.64. The van der Waals surface area contributed by atoms with E-state index in [2.05, 4.69) is 4.74 Å². The van der Waals surface area contributed by atoms with Gasteiger partial charge in [0.05, 0.1) is 7.11 Å². The Morgan fingerprint density at radius 1 is 1.06 bits per heavy atom. The Morgan fingerprint density at radius 2 is 1.50 bits per heavy atom. The average molecular weight is 326 g/mol. The Labute approximate surface area is 138 Å². The van der Waals surface area contributed by atoms with Crippen molar-refractivity contribution in [3.05, 3.63) is 49.4 Å². The molecular weight excluding hydrogens is 301 g/mol. The quantitative estimate of drug-likeness (QED) is 0.458. The maximum atomic E-state index is 10.7. The molecule has 0 aliphatic heterocycles. The van der Waals surface area contributed by atoms with Crippen LogP contribution in [-0.4, -0.2) is 13.1 Å². The Kier molecular flexibility index (Phi) is 31.7. The summed E-state index contributed by atoms with van der Waals surface area (Å²) in [6.45, 7) is 8.00. The zero-order valence-electron chi connectivity index (χ0n) is 12.4. The van der Waals surface area contributed by atoms with Gasteiger partial charge in [-0.3, -0.25) is 0 Å². The number of hydrogen-bond acceptors (Lipinski definition) is 2. The van der Waals surface area contributed by atoms with Gasteiger partial charge in [-0.15, -0.1) is 0 Å². The summed E-state index contributed by atoms with van der Waals surface area (Å²) < 4.78 is 4.45. The van der Waals surface area contributed by atoms with Gasteiger partial charge in [-0.2, -0.15) is 0 Å². The number of benzene rings is 1. The van der Waals surface area contributed by atoms with Crippen molar-refractivity contribution in [1.29, 1.82) is 0 Å². The van der Waals surface area contributed by atoms with E-state index in [4.69, 9.17) is 0 Å². The van der Waals surface area contributed by atoms with E-state index in [1.54, 1.807) is 6.08 Å². The second kappa shape index (κ2) is 21.8. The van der Waals surface area contributed by atoms with E-state index in [-0.39, 0.29) is 46.1 Å². The molecule has 0 atom stereocenters. The van der Waals surface area contributed by atoms with Crippen molar-refractivity contribution in [2.24, 2.45) is 0 Å². The number of ether oxygens (including phenoxy) is 1. The molecule has 0 aliphatic rings. The van der Waals surface area contributed by atoms with Gasteiger partial charge >= 0.3 is 5.97 Å². The van der Waals surface area contributed by atoms with Gasteiger partial charge < -0.3 is 12.2 Å². The molecule has 0 aliphatic carbocycles. The van der Waals surface area contributed by atoms with Gasteiger partial charge in [-0.25, -0.2) is 4.79 Å². The molecule has 0 bridgehead atoms. The second-order valence-electron chi connectivity index (χ2n) is 2.27. The van der Waals surface area contributed by atoms with Crippen LogP contribution in [0.1, 0.15) is 33.3 Å². The molecule has 1 aromatic carbocycles. The van der Waals surface area contributed by atoms with Crippen LogP contribution in [0.5, 0.6) is 0 Å². The number of rotatable bonds is 2. The third kappa shape index (κ3) is 15.5.